The van der Waals surface area contributed by atoms with E-state index < -0.39 is 35.0 Å². The number of aliphatic carboxylic acids is 1. The van der Waals surface area contributed by atoms with Crippen molar-refractivity contribution < 1.29 is 23.1 Å². The van der Waals surface area contributed by atoms with Gasteiger partial charge in [-0.25, -0.2) is 13.1 Å². The number of carbonyl (C=O) groups is 2. The zero-order valence-electron chi connectivity index (χ0n) is 9.66. The van der Waals surface area contributed by atoms with Crippen molar-refractivity contribution in [3.05, 3.63) is 18.5 Å². The Balaban J connectivity index is 2.61. The highest BCUT2D eigenvalue weighted by molar-refractivity contribution is 7.89. The molecule has 0 unspecified atom stereocenters. The fourth-order valence-corrected chi connectivity index (χ4v) is 2.04. The summed E-state index contributed by atoms with van der Waals surface area (Å²) in [7, 11) is -3.92. The van der Waals surface area contributed by atoms with E-state index in [-0.39, 0.29) is 10.6 Å². The zero-order valence-corrected chi connectivity index (χ0v) is 10.5. The van der Waals surface area contributed by atoms with E-state index in [9.17, 15) is 18.0 Å². The Labute approximate surface area is 108 Å². The van der Waals surface area contributed by atoms with E-state index in [1.54, 1.807) is 0 Å². The minimum absolute atomic E-state index is 0.165. The number of nitrogens with two attached hydrogens (primary N) is 1. The number of sulfonamides is 1. The van der Waals surface area contributed by atoms with Crippen molar-refractivity contribution in [2.45, 2.75) is 4.90 Å². The Bertz CT molecular complexity index is 586. The van der Waals surface area contributed by atoms with E-state index in [0.717, 1.165) is 6.20 Å². The van der Waals surface area contributed by atoms with Gasteiger partial charge in [-0.05, 0) is 6.07 Å². The number of carbonyl (C=O) groups excluding carboxylic acids is 1. The molecule has 0 fully saturated rings. The first-order valence-corrected chi connectivity index (χ1v) is 6.48. The molecule has 9 nitrogen and oxygen atoms in total. The van der Waals surface area contributed by atoms with Crippen LogP contribution in [0.15, 0.2) is 23.4 Å². The normalized spacial score (nSPS) is 10.9. The maximum atomic E-state index is 11.7. The fourth-order valence-electron chi connectivity index (χ4n) is 1.06. The molecule has 0 aliphatic carbocycles. The zero-order chi connectivity index (χ0) is 14.5. The Morgan fingerprint density at radius 3 is 2.58 bits per heavy atom. The summed E-state index contributed by atoms with van der Waals surface area (Å²) in [6.45, 7) is -1.16. The number of amides is 1. The van der Waals surface area contributed by atoms with Gasteiger partial charge in [-0.15, -0.1) is 0 Å². The van der Waals surface area contributed by atoms with Crippen LogP contribution in [0.5, 0.6) is 0 Å². The van der Waals surface area contributed by atoms with Crippen LogP contribution in [0.3, 0.4) is 0 Å². The second-order valence-electron chi connectivity index (χ2n) is 3.45. The second kappa shape index (κ2) is 6.11. The highest BCUT2D eigenvalue weighted by atomic mass is 32.2. The molecule has 1 heterocycles. The summed E-state index contributed by atoms with van der Waals surface area (Å²) in [5.41, 5.74) is 5.56. The van der Waals surface area contributed by atoms with Gasteiger partial charge in [0, 0.05) is 12.4 Å². The molecular formula is C9H12N4O5S. The van der Waals surface area contributed by atoms with Crippen LogP contribution < -0.4 is 15.8 Å². The van der Waals surface area contributed by atoms with Crippen molar-refractivity contribution in [1.82, 2.24) is 15.0 Å². The average Bonchev–Trinajstić information content (AvgIpc) is 2.34. The predicted molar refractivity (Wildman–Crippen MR) is 64.5 cm³/mol. The van der Waals surface area contributed by atoms with Crippen LogP contribution >= 0.6 is 0 Å². The van der Waals surface area contributed by atoms with Crippen molar-refractivity contribution in [3.8, 4) is 0 Å². The first-order chi connectivity index (χ1) is 8.81. The maximum absolute atomic E-state index is 11.7. The van der Waals surface area contributed by atoms with Crippen LogP contribution in [-0.4, -0.2) is 43.5 Å². The second-order valence-corrected chi connectivity index (χ2v) is 5.22. The van der Waals surface area contributed by atoms with Crippen molar-refractivity contribution >= 4 is 27.6 Å². The van der Waals surface area contributed by atoms with Crippen LogP contribution in [0.25, 0.3) is 0 Å². The van der Waals surface area contributed by atoms with Crippen LogP contribution in [0.1, 0.15) is 0 Å². The Morgan fingerprint density at radius 2 is 2.00 bits per heavy atom. The molecule has 0 atom stereocenters. The van der Waals surface area contributed by atoms with E-state index in [4.69, 9.17) is 10.8 Å². The molecule has 0 aromatic carbocycles. The number of aromatic nitrogens is 1. The SMILES string of the molecule is Nc1cncc(S(=O)(=O)NCC(=O)NCC(=O)O)c1. The quantitative estimate of drug-likeness (QED) is 0.479. The number of carboxylic acid groups (broad SMARTS) is 1. The van der Waals surface area contributed by atoms with E-state index in [1.165, 1.54) is 12.3 Å². The summed E-state index contributed by atoms with van der Waals surface area (Å²) in [5.74, 6) is -1.99. The summed E-state index contributed by atoms with van der Waals surface area (Å²) in [6.07, 6.45) is 2.35. The van der Waals surface area contributed by atoms with Crippen LogP contribution in [-0.2, 0) is 19.6 Å². The number of pyridine rings is 1. The van der Waals surface area contributed by atoms with Gasteiger partial charge >= 0.3 is 5.97 Å². The van der Waals surface area contributed by atoms with Gasteiger partial charge in [-0.1, -0.05) is 0 Å². The van der Waals surface area contributed by atoms with Gasteiger partial charge in [-0.3, -0.25) is 14.6 Å². The monoisotopic (exact) mass is 288 g/mol. The molecule has 0 saturated carbocycles. The lowest BCUT2D eigenvalue weighted by molar-refractivity contribution is -0.137. The standard InChI is InChI=1S/C9H12N4O5S/c10-6-1-7(3-11-2-6)19(17,18)13-4-8(14)12-5-9(15)16/h1-3,13H,4-5,10H2,(H,12,14)(H,15,16). The van der Waals surface area contributed by atoms with E-state index in [0.29, 0.717) is 0 Å². The lowest BCUT2D eigenvalue weighted by atomic mass is 10.4. The molecule has 1 aromatic rings. The lowest BCUT2D eigenvalue weighted by Crippen LogP contribution is -2.39. The summed E-state index contributed by atoms with van der Waals surface area (Å²) in [6, 6.07) is 1.19. The van der Waals surface area contributed by atoms with Crippen LogP contribution in [0, 0.1) is 0 Å². The molecule has 5 N–H and O–H groups in total. The van der Waals surface area contributed by atoms with E-state index >= 15 is 0 Å². The van der Waals surface area contributed by atoms with Crippen molar-refractivity contribution in [2.24, 2.45) is 0 Å². The molecule has 19 heavy (non-hydrogen) atoms. The minimum atomic E-state index is -3.92. The molecular weight excluding hydrogens is 276 g/mol. The van der Waals surface area contributed by atoms with Gasteiger partial charge in [0.05, 0.1) is 12.2 Å². The predicted octanol–water partition coefficient (Wildman–Crippen LogP) is -1.86. The van der Waals surface area contributed by atoms with Gasteiger partial charge in [0.15, 0.2) is 0 Å². The first kappa shape index (κ1) is 14.9. The highest BCUT2D eigenvalue weighted by Crippen LogP contribution is 2.09. The largest absolute Gasteiger partial charge is 0.480 e. The van der Waals surface area contributed by atoms with Gasteiger partial charge in [-0.2, -0.15) is 0 Å². The minimum Gasteiger partial charge on any atom is -0.480 e. The summed E-state index contributed by atoms with van der Waals surface area (Å²) in [5, 5.41) is 10.3. The fraction of sp³-hybridized carbons (Fsp3) is 0.222. The molecule has 10 heteroatoms. The molecule has 1 amide bonds. The average molecular weight is 288 g/mol. The van der Waals surface area contributed by atoms with Gasteiger partial charge in [0.1, 0.15) is 11.4 Å². The third kappa shape index (κ3) is 4.89. The topological polar surface area (TPSA) is 151 Å². The van der Waals surface area contributed by atoms with Gasteiger partial charge < -0.3 is 16.2 Å². The number of rotatable bonds is 6. The summed E-state index contributed by atoms with van der Waals surface area (Å²) in [4.78, 5) is 24.8. The van der Waals surface area contributed by atoms with Gasteiger partial charge in [0.25, 0.3) is 0 Å². The van der Waals surface area contributed by atoms with E-state index in [2.05, 4.69) is 4.98 Å². The molecule has 0 radical (unpaired) electrons. The number of anilines is 1. The molecule has 0 bridgehead atoms. The van der Waals surface area contributed by atoms with Crippen molar-refractivity contribution in [1.29, 1.82) is 0 Å². The van der Waals surface area contributed by atoms with Crippen LogP contribution in [0.2, 0.25) is 0 Å². The number of nitrogen functional groups attached to an aromatic ring is 1. The molecule has 0 saturated heterocycles. The summed E-state index contributed by atoms with van der Waals surface area (Å²) >= 11 is 0. The molecule has 0 aliphatic heterocycles. The van der Waals surface area contributed by atoms with E-state index in [1.807, 2.05) is 10.0 Å². The number of carboxylic acids is 1. The smallest absolute Gasteiger partial charge is 0.322 e. The summed E-state index contributed by atoms with van der Waals surface area (Å²) < 4.78 is 25.4. The van der Waals surface area contributed by atoms with Gasteiger partial charge in [0.2, 0.25) is 15.9 Å². The first-order valence-electron chi connectivity index (χ1n) is 5.00. The third-order valence-corrected chi connectivity index (χ3v) is 3.27. The number of nitrogens with one attached hydrogen (secondary N) is 2. The molecule has 1 aromatic heterocycles. The number of nitrogens with zero attached hydrogens (tertiary/aromatic N) is 1. The maximum Gasteiger partial charge on any atom is 0.322 e. The number of hydrogen-bond acceptors (Lipinski definition) is 6. The lowest BCUT2D eigenvalue weighted by Gasteiger charge is -2.06. The number of hydrogen-bond donors (Lipinski definition) is 4. The molecule has 0 spiro atoms. The van der Waals surface area contributed by atoms with Crippen molar-refractivity contribution in [3.63, 3.8) is 0 Å². The molecule has 104 valence electrons. The molecule has 1 rings (SSSR count). The van der Waals surface area contributed by atoms with Crippen LogP contribution in [0.4, 0.5) is 5.69 Å². The third-order valence-electron chi connectivity index (χ3n) is 1.90. The Hall–Kier alpha value is -2.20. The highest BCUT2D eigenvalue weighted by Gasteiger charge is 2.16. The van der Waals surface area contributed by atoms with Crippen molar-refractivity contribution in [2.75, 3.05) is 18.8 Å². The Morgan fingerprint density at radius 1 is 1.32 bits per heavy atom. The Kier molecular flexibility index (Phi) is 4.78. The molecule has 0 aliphatic rings.